The van der Waals surface area contributed by atoms with Gasteiger partial charge in [-0.25, -0.2) is 0 Å². The maximum absolute atomic E-state index is 11.1. The summed E-state index contributed by atoms with van der Waals surface area (Å²) in [7, 11) is 0. The summed E-state index contributed by atoms with van der Waals surface area (Å²) < 4.78 is 1.08. The molecule has 17 heavy (non-hydrogen) atoms. The molecule has 1 saturated heterocycles. The second-order valence-electron chi connectivity index (χ2n) is 4.55. The predicted molar refractivity (Wildman–Crippen MR) is 69.9 cm³/mol. The summed E-state index contributed by atoms with van der Waals surface area (Å²) in [6, 6.07) is 5.89. The van der Waals surface area contributed by atoms with Gasteiger partial charge >= 0.3 is 5.97 Å². The maximum atomic E-state index is 11.1. The molecule has 1 unspecified atom stereocenters. The van der Waals surface area contributed by atoms with E-state index in [-0.39, 0.29) is 6.04 Å². The van der Waals surface area contributed by atoms with E-state index in [1.165, 1.54) is 5.56 Å². The summed E-state index contributed by atoms with van der Waals surface area (Å²) in [5.41, 5.74) is 2.36. The number of nitrogens with zero attached hydrogens (tertiary/aromatic N) is 1. The van der Waals surface area contributed by atoms with Crippen molar-refractivity contribution >= 4 is 21.9 Å². The van der Waals surface area contributed by atoms with E-state index in [0.717, 1.165) is 36.0 Å². The van der Waals surface area contributed by atoms with Gasteiger partial charge in [-0.15, -0.1) is 0 Å². The molecule has 1 heterocycles. The van der Waals surface area contributed by atoms with Gasteiger partial charge in [-0.05, 0) is 43.5 Å². The van der Waals surface area contributed by atoms with Gasteiger partial charge in [0, 0.05) is 11.0 Å². The third-order valence-electron chi connectivity index (χ3n) is 3.27. The van der Waals surface area contributed by atoms with Crippen molar-refractivity contribution in [1.82, 2.24) is 4.90 Å². The van der Waals surface area contributed by atoms with Crippen LogP contribution >= 0.6 is 15.9 Å². The Hall–Kier alpha value is -0.870. The average Bonchev–Trinajstić information content (AvgIpc) is 2.72. The van der Waals surface area contributed by atoms with Crippen molar-refractivity contribution < 1.29 is 9.90 Å². The Balaban J connectivity index is 2.09. The molecule has 1 aromatic carbocycles. The normalized spacial score (nSPS) is 20.7. The molecule has 1 fully saturated rings. The maximum Gasteiger partial charge on any atom is 0.320 e. The fourth-order valence-corrected chi connectivity index (χ4v) is 2.69. The molecule has 0 bridgehead atoms. The van der Waals surface area contributed by atoms with Crippen molar-refractivity contribution in [1.29, 1.82) is 0 Å². The second kappa shape index (κ2) is 5.19. The van der Waals surface area contributed by atoms with Crippen LogP contribution in [0.15, 0.2) is 22.7 Å². The summed E-state index contributed by atoms with van der Waals surface area (Å²) in [5, 5.41) is 9.11. The molecule has 1 aliphatic rings. The largest absolute Gasteiger partial charge is 0.480 e. The zero-order valence-corrected chi connectivity index (χ0v) is 11.4. The Morgan fingerprint density at radius 1 is 1.59 bits per heavy atom. The van der Waals surface area contributed by atoms with E-state index < -0.39 is 5.97 Å². The van der Waals surface area contributed by atoms with Crippen molar-refractivity contribution in [2.24, 2.45) is 0 Å². The van der Waals surface area contributed by atoms with Crippen LogP contribution in [0, 0.1) is 6.92 Å². The van der Waals surface area contributed by atoms with E-state index in [0.29, 0.717) is 0 Å². The number of halogens is 1. The number of carbonyl (C=O) groups is 1. The number of carboxylic acid groups (broad SMARTS) is 1. The zero-order chi connectivity index (χ0) is 12.4. The molecular weight excluding hydrogens is 282 g/mol. The van der Waals surface area contributed by atoms with Gasteiger partial charge in [0.1, 0.15) is 6.04 Å². The molecule has 0 radical (unpaired) electrons. The number of hydrogen-bond donors (Lipinski definition) is 1. The van der Waals surface area contributed by atoms with Gasteiger partial charge in [0.2, 0.25) is 0 Å². The Kier molecular flexibility index (Phi) is 3.84. The van der Waals surface area contributed by atoms with Gasteiger partial charge in [-0.2, -0.15) is 0 Å². The van der Waals surface area contributed by atoms with Crippen molar-refractivity contribution in [3.05, 3.63) is 33.8 Å². The van der Waals surface area contributed by atoms with E-state index in [1.54, 1.807) is 0 Å². The lowest BCUT2D eigenvalue weighted by molar-refractivity contribution is -0.142. The topological polar surface area (TPSA) is 40.5 Å². The fraction of sp³-hybridized carbons (Fsp3) is 0.462. The number of aliphatic carboxylic acids is 1. The lowest BCUT2D eigenvalue weighted by atomic mass is 10.1. The van der Waals surface area contributed by atoms with E-state index >= 15 is 0 Å². The van der Waals surface area contributed by atoms with Crippen molar-refractivity contribution in [3.63, 3.8) is 0 Å². The summed E-state index contributed by atoms with van der Waals surface area (Å²) in [5.74, 6) is -0.700. The first-order valence-corrected chi connectivity index (χ1v) is 6.59. The van der Waals surface area contributed by atoms with Crippen LogP contribution < -0.4 is 0 Å². The molecule has 1 aromatic rings. The number of carboxylic acids is 1. The van der Waals surface area contributed by atoms with E-state index in [4.69, 9.17) is 5.11 Å². The summed E-state index contributed by atoms with van der Waals surface area (Å²) in [6.45, 7) is 3.64. The summed E-state index contributed by atoms with van der Waals surface area (Å²) in [4.78, 5) is 13.1. The molecule has 0 aromatic heterocycles. The van der Waals surface area contributed by atoms with Crippen LogP contribution in [0.3, 0.4) is 0 Å². The smallest absolute Gasteiger partial charge is 0.320 e. The molecule has 92 valence electrons. The van der Waals surface area contributed by atoms with Gasteiger partial charge in [-0.3, -0.25) is 9.69 Å². The first-order chi connectivity index (χ1) is 8.08. The molecule has 4 heteroatoms. The van der Waals surface area contributed by atoms with Crippen molar-refractivity contribution in [2.75, 3.05) is 6.54 Å². The Morgan fingerprint density at radius 3 is 3.00 bits per heavy atom. The molecule has 0 amide bonds. The van der Waals surface area contributed by atoms with Crippen LogP contribution in [0.2, 0.25) is 0 Å². The lowest BCUT2D eigenvalue weighted by Crippen LogP contribution is -2.35. The van der Waals surface area contributed by atoms with Gasteiger partial charge < -0.3 is 5.11 Å². The monoisotopic (exact) mass is 297 g/mol. The Bertz CT molecular complexity index is 433. The van der Waals surface area contributed by atoms with Crippen molar-refractivity contribution in [2.45, 2.75) is 32.4 Å². The van der Waals surface area contributed by atoms with Crippen molar-refractivity contribution in [3.8, 4) is 0 Å². The number of rotatable bonds is 3. The van der Waals surface area contributed by atoms with E-state index in [2.05, 4.69) is 34.1 Å². The number of benzene rings is 1. The average molecular weight is 298 g/mol. The van der Waals surface area contributed by atoms with Crippen LogP contribution in [-0.2, 0) is 11.3 Å². The highest BCUT2D eigenvalue weighted by Crippen LogP contribution is 2.23. The molecule has 2 rings (SSSR count). The molecule has 1 aliphatic heterocycles. The first-order valence-electron chi connectivity index (χ1n) is 5.80. The van der Waals surface area contributed by atoms with Crippen LogP contribution in [0.4, 0.5) is 0 Å². The molecule has 3 nitrogen and oxygen atoms in total. The minimum atomic E-state index is -0.700. The highest BCUT2D eigenvalue weighted by Gasteiger charge is 2.30. The number of hydrogen-bond acceptors (Lipinski definition) is 2. The first kappa shape index (κ1) is 12.6. The lowest BCUT2D eigenvalue weighted by Gasteiger charge is -2.21. The molecule has 0 spiro atoms. The van der Waals surface area contributed by atoms with Gasteiger partial charge in [0.25, 0.3) is 0 Å². The van der Waals surface area contributed by atoms with Crippen LogP contribution in [0.1, 0.15) is 24.0 Å². The third kappa shape index (κ3) is 2.87. The number of aryl methyl sites for hydroxylation is 1. The standard InChI is InChI=1S/C13H16BrNO2/c1-9-4-5-10(7-11(9)14)8-15-6-2-3-12(15)13(16)17/h4-5,7,12H,2-3,6,8H2,1H3,(H,16,17). The Labute approximate surface area is 110 Å². The third-order valence-corrected chi connectivity index (χ3v) is 4.12. The minimum Gasteiger partial charge on any atom is -0.480 e. The SMILES string of the molecule is Cc1ccc(CN2CCCC2C(=O)O)cc1Br. The molecule has 0 aliphatic carbocycles. The minimum absolute atomic E-state index is 0.310. The van der Waals surface area contributed by atoms with Gasteiger partial charge in [-0.1, -0.05) is 28.1 Å². The molecule has 1 atom stereocenters. The zero-order valence-electron chi connectivity index (χ0n) is 9.82. The fourth-order valence-electron chi connectivity index (χ4n) is 2.26. The van der Waals surface area contributed by atoms with Crippen LogP contribution in [0.5, 0.6) is 0 Å². The summed E-state index contributed by atoms with van der Waals surface area (Å²) >= 11 is 3.50. The quantitative estimate of drug-likeness (QED) is 0.933. The highest BCUT2D eigenvalue weighted by molar-refractivity contribution is 9.10. The summed E-state index contributed by atoms with van der Waals surface area (Å²) in [6.07, 6.45) is 1.74. The number of likely N-dealkylation sites (tertiary alicyclic amines) is 1. The molecular formula is C13H16BrNO2. The predicted octanol–water partition coefficient (Wildman–Crippen LogP) is 2.81. The van der Waals surface area contributed by atoms with E-state index in [9.17, 15) is 4.79 Å². The van der Waals surface area contributed by atoms with Gasteiger partial charge in [0.05, 0.1) is 0 Å². The highest BCUT2D eigenvalue weighted by atomic mass is 79.9. The molecule has 0 saturated carbocycles. The van der Waals surface area contributed by atoms with Gasteiger partial charge in [0.15, 0.2) is 0 Å². The van der Waals surface area contributed by atoms with Crippen LogP contribution in [-0.4, -0.2) is 28.6 Å². The van der Waals surface area contributed by atoms with E-state index in [1.807, 2.05) is 11.8 Å². The second-order valence-corrected chi connectivity index (χ2v) is 5.40. The molecule has 1 N–H and O–H groups in total. The van der Waals surface area contributed by atoms with Crippen LogP contribution in [0.25, 0.3) is 0 Å². The Morgan fingerprint density at radius 2 is 2.35 bits per heavy atom.